The van der Waals surface area contributed by atoms with Crippen molar-refractivity contribution in [3.63, 3.8) is 0 Å². The molecule has 0 amide bonds. The lowest BCUT2D eigenvalue weighted by Crippen LogP contribution is -2.38. The first kappa shape index (κ1) is 30.8. The lowest BCUT2D eigenvalue weighted by molar-refractivity contribution is 0.313. The largest absolute Gasteiger partial charge is 0.493 e. The van der Waals surface area contributed by atoms with Crippen LogP contribution in [0.2, 0.25) is 0 Å². The van der Waals surface area contributed by atoms with E-state index >= 15 is 0 Å². The highest BCUT2D eigenvalue weighted by molar-refractivity contribution is 7.85. The van der Waals surface area contributed by atoms with Gasteiger partial charge in [0.05, 0.1) is 55.1 Å². The molecule has 4 aromatic carbocycles. The Morgan fingerprint density at radius 1 is 0.698 bits per heavy atom. The maximum Gasteiger partial charge on any atom is 0.161 e. The van der Waals surface area contributed by atoms with E-state index in [2.05, 4.69) is 0 Å². The van der Waals surface area contributed by atoms with Crippen molar-refractivity contribution in [3.05, 3.63) is 101 Å². The summed E-state index contributed by atoms with van der Waals surface area (Å²) in [6.07, 6.45) is 1.12. The number of aryl methyl sites for hydroxylation is 2. The predicted molar refractivity (Wildman–Crippen MR) is 169 cm³/mol. The van der Waals surface area contributed by atoms with Crippen molar-refractivity contribution in [1.29, 1.82) is 0 Å². The molecule has 0 aromatic heterocycles. The minimum Gasteiger partial charge on any atom is -0.493 e. The third-order valence-electron chi connectivity index (χ3n) is 7.80. The number of hydrogen-bond acceptors (Lipinski definition) is 6. The van der Waals surface area contributed by atoms with Gasteiger partial charge in [-0.3, -0.25) is 0 Å². The van der Waals surface area contributed by atoms with Crippen molar-refractivity contribution >= 4 is 21.8 Å². The molecule has 9 heteroatoms. The number of methoxy groups -OCH3 is 4. The van der Waals surface area contributed by atoms with Gasteiger partial charge < -0.3 is 18.9 Å². The van der Waals surface area contributed by atoms with E-state index in [0.717, 1.165) is 32.7 Å². The fourth-order valence-corrected chi connectivity index (χ4v) is 7.98. The van der Waals surface area contributed by atoms with E-state index in [1.807, 2.05) is 84.9 Å². The average molecular weight is 620 g/mol. The molecule has 43 heavy (non-hydrogen) atoms. The second-order valence-electron chi connectivity index (χ2n) is 10.5. The highest BCUT2D eigenvalue weighted by Crippen LogP contribution is 2.43. The Morgan fingerprint density at radius 3 is 1.79 bits per heavy atom. The summed E-state index contributed by atoms with van der Waals surface area (Å²) in [6.45, 7) is 4.58. The molecule has 0 unspecified atom stereocenters. The van der Waals surface area contributed by atoms with Gasteiger partial charge in [-0.25, -0.2) is 12.7 Å². The van der Waals surface area contributed by atoms with Gasteiger partial charge in [-0.1, -0.05) is 35.4 Å². The third kappa shape index (κ3) is 6.34. The van der Waals surface area contributed by atoms with Crippen LogP contribution in [0.3, 0.4) is 0 Å². The zero-order valence-corrected chi connectivity index (χ0v) is 27.0. The van der Waals surface area contributed by atoms with Gasteiger partial charge in [0, 0.05) is 17.5 Å². The van der Waals surface area contributed by atoms with Gasteiger partial charge in [0.1, 0.15) is 11.0 Å². The van der Waals surface area contributed by atoms with Crippen molar-refractivity contribution in [2.45, 2.75) is 47.4 Å². The van der Waals surface area contributed by atoms with E-state index in [0.29, 0.717) is 52.2 Å². The van der Waals surface area contributed by atoms with Crippen LogP contribution in [0, 0.1) is 13.8 Å². The third-order valence-corrected chi connectivity index (χ3v) is 10.8. The molecular weight excluding hydrogens is 583 g/mol. The zero-order valence-electron chi connectivity index (χ0n) is 25.3. The topological polar surface area (TPSA) is 74.3 Å². The molecule has 0 N–H and O–H groups in total. The minimum absolute atomic E-state index is 0.322. The minimum atomic E-state index is -1.50. The maximum atomic E-state index is 14.2. The Morgan fingerprint density at radius 2 is 1.21 bits per heavy atom. The van der Waals surface area contributed by atoms with Crippen LogP contribution in [-0.2, 0) is 34.6 Å². The highest BCUT2D eigenvalue weighted by atomic mass is 32.2. The quantitative estimate of drug-likeness (QED) is 0.206. The Hall–Kier alpha value is -3.66. The van der Waals surface area contributed by atoms with Gasteiger partial charge in [0.25, 0.3) is 0 Å². The van der Waals surface area contributed by atoms with Crippen LogP contribution in [0.5, 0.6) is 23.0 Å². The fraction of sp³-hybridized carbons (Fsp3) is 0.294. The van der Waals surface area contributed by atoms with Crippen LogP contribution < -0.4 is 18.9 Å². The van der Waals surface area contributed by atoms with Crippen LogP contribution in [0.15, 0.2) is 87.5 Å². The molecule has 226 valence electrons. The number of nitrogens with zero attached hydrogens (tertiary/aromatic N) is 1. The molecule has 1 aliphatic heterocycles. The van der Waals surface area contributed by atoms with Crippen LogP contribution in [0.4, 0.5) is 0 Å². The van der Waals surface area contributed by atoms with Gasteiger partial charge in [-0.05, 0) is 85.8 Å². The van der Waals surface area contributed by atoms with Crippen molar-refractivity contribution in [2.75, 3.05) is 35.0 Å². The van der Waals surface area contributed by atoms with Crippen molar-refractivity contribution in [2.24, 2.45) is 0 Å². The molecule has 0 saturated heterocycles. The summed E-state index contributed by atoms with van der Waals surface area (Å²) >= 11 is 0. The first-order chi connectivity index (χ1) is 20.8. The summed E-state index contributed by atoms with van der Waals surface area (Å²) in [5.74, 6) is 2.29. The number of fused-ring (bicyclic) bond motifs is 1. The smallest absolute Gasteiger partial charge is 0.161 e. The molecule has 3 atom stereocenters. The number of ether oxygens (including phenoxy) is 4. The molecule has 0 spiro atoms. The molecule has 0 saturated carbocycles. The molecule has 0 bridgehead atoms. The predicted octanol–water partition coefficient (Wildman–Crippen LogP) is 6.37. The Balaban J connectivity index is 1.66. The lowest BCUT2D eigenvalue weighted by atomic mass is 9.89. The molecule has 0 radical (unpaired) electrons. The van der Waals surface area contributed by atoms with E-state index < -0.39 is 21.8 Å². The standard InChI is InChI=1S/C34H37NO6S2/c1-22-7-11-26(12-8-22)42(36)34-21-33(41-6)31(39-4)19-25(34)17-29-28-20-32(40-5)30(38-3)18-24(28)15-16-35(29)43(37)27-13-9-23(2)10-14-27/h7-14,18-21,29H,15-17H2,1-6H3/t29-,42+,43-/m0/s1. The number of rotatable bonds is 10. The second-order valence-corrected chi connectivity index (χ2v) is 13.4. The number of benzene rings is 4. The SMILES string of the molecule is COc1cc2c(cc1OC)[C@H](Cc1cc(OC)c(OC)cc1[S@](=O)c1ccc(C)cc1)N([S@@](=O)c1ccc(C)cc1)CC2. The molecule has 7 nitrogen and oxygen atoms in total. The maximum absolute atomic E-state index is 14.2. The fourth-order valence-electron chi connectivity index (χ4n) is 5.44. The van der Waals surface area contributed by atoms with Gasteiger partial charge in [0.2, 0.25) is 0 Å². The highest BCUT2D eigenvalue weighted by Gasteiger charge is 2.34. The summed E-state index contributed by atoms with van der Waals surface area (Å²) in [4.78, 5) is 2.04. The summed E-state index contributed by atoms with van der Waals surface area (Å²) in [7, 11) is 3.45. The van der Waals surface area contributed by atoms with E-state index in [1.165, 1.54) is 0 Å². The molecule has 0 aliphatic carbocycles. The average Bonchev–Trinajstić information content (AvgIpc) is 3.04. The lowest BCUT2D eigenvalue weighted by Gasteiger charge is -2.37. The molecule has 5 rings (SSSR count). The normalized spacial score (nSPS) is 16.2. The van der Waals surface area contributed by atoms with Gasteiger partial charge in [0.15, 0.2) is 23.0 Å². The van der Waals surface area contributed by atoms with Gasteiger partial charge >= 0.3 is 0 Å². The summed E-state index contributed by atoms with van der Waals surface area (Å²) < 4.78 is 52.9. The van der Waals surface area contributed by atoms with Crippen LogP contribution >= 0.6 is 0 Å². The zero-order chi connectivity index (χ0) is 30.7. The van der Waals surface area contributed by atoms with E-state index in [-0.39, 0.29) is 6.04 Å². The summed E-state index contributed by atoms with van der Waals surface area (Å²) in [5.41, 5.74) is 5.10. The Kier molecular flexibility index (Phi) is 9.54. The molecule has 1 heterocycles. The molecule has 4 aromatic rings. The molecular formula is C34H37NO6S2. The monoisotopic (exact) mass is 619 g/mol. The van der Waals surface area contributed by atoms with Crippen LogP contribution in [0.25, 0.3) is 0 Å². The molecule has 1 aliphatic rings. The van der Waals surface area contributed by atoms with Gasteiger partial charge in [-0.2, -0.15) is 0 Å². The van der Waals surface area contributed by atoms with Crippen LogP contribution in [0.1, 0.15) is 33.9 Å². The first-order valence-electron chi connectivity index (χ1n) is 14.0. The number of hydrogen-bond donors (Lipinski definition) is 0. The summed E-state index contributed by atoms with van der Waals surface area (Å²) in [6, 6.07) is 22.8. The van der Waals surface area contributed by atoms with Crippen molar-refractivity contribution in [1.82, 2.24) is 4.31 Å². The Labute approximate surface area is 258 Å². The second kappa shape index (κ2) is 13.3. The van der Waals surface area contributed by atoms with E-state index in [9.17, 15) is 8.42 Å². The van der Waals surface area contributed by atoms with Crippen molar-refractivity contribution in [3.8, 4) is 23.0 Å². The van der Waals surface area contributed by atoms with Crippen molar-refractivity contribution < 1.29 is 27.4 Å². The first-order valence-corrected chi connectivity index (χ1v) is 16.3. The van der Waals surface area contributed by atoms with E-state index in [1.54, 1.807) is 34.5 Å². The summed E-state index contributed by atoms with van der Waals surface area (Å²) in [5, 5.41) is 0. The Bertz CT molecular complexity index is 1650. The molecule has 0 fully saturated rings. The van der Waals surface area contributed by atoms with E-state index in [4.69, 9.17) is 18.9 Å². The van der Waals surface area contributed by atoms with Gasteiger partial charge in [-0.15, -0.1) is 0 Å². The van der Waals surface area contributed by atoms with Crippen LogP contribution in [-0.4, -0.2) is 47.7 Å².